The van der Waals surface area contributed by atoms with Gasteiger partial charge in [-0.2, -0.15) is 4.98 Å². The highest BCUT2D eigenvalue weighted by atomic mass is 35.5. The fourth-order valence-corrected chi connectivity index (χ4v) is 6.50. The van der Waals surface area contributed by atoms with E-state index in [1.165, 1.54) is 12.1 Å². The van der Waals surface area contributed by atoms with Crippen molar-refractivity contribution in [1.29, 1.82) is 0 Å². The first-order valence-electron chi connectivity index (χ1n) is 11.0. The topological polar surface area (TPSA) is 50.6 Å². The first kappa shape index (κ1) is 22.7. The maximum atomic E-state index is 13.6. The van der Waals surface area contributed by atoms with E-state index in [1.54, 1.807) is 35.6 Å². The first-order chi connectivity index (χ1) is 15.9. The minimum Gasteiger partial charge on any atom is -0.379 e. The number of methoxy groups -OCH3 is 1. The Morgan fingerprint density at radius 2 is 1.97 bits per heavy atom. The summed E-state index contributed by atoms with van der Waals surface area (Å²) >= 11 is 8.51. The highest BCUT2D eigenvalue weighted by Gasteiger charge is 2.30. The van der Waals surface area contributed by atoms with Crippen LogP contribution in [-0.4, -0.2) is 66.1 Å². The molecular formula is C24H26ClFN4O2S. The van der Waals surface area contributed by atoms with Crippen molar-refractivity contribution in [3.05, 3.63) is 51.7 Å². The number of thioether (sulfide) groups is 1. The molecule has 0 aliphatic carbocycles. The van der Waals surface area contributed by atoms with Crippen molar-refractivity contribution in [2.24, 2.45) is 0 Å². The second-order valence-corrected chi connectivity index (χ2v) is 10.2. The zero-order valence-electron chi connectivity index (χ0n) is 18.8. The molecule has 1 fully saturated rings. The van der Waals surface area contributed by atoms with Crippen LogP contribution in [0.1, 0.15) is 6.92 Å². The quantitative estimate of drug-likeness (QED) is 0.553. The van der Waals surface area contributed by atoms with Crippen molar-refractivity contribution in [2.45, 2.75) is 30.5 Å². The van der Waals surface area contributed by atoms with Gasteiger partial charge in [0.25, 0.3) is 0 Å². The Bertz CT molecular complexity index is 1270. The molecule has 0 saturated carbocycles. The van der Waals surface area contributed by atoms with Gasteiger partial charge in [0.1, 0.15) is 11.6 Å². The van der Waals surface area contributed by atoms with E-state index in [0.29, 0.717) is 23.1 Å². The predicted octanol–water partition coefficient (Wildman–Crippen LogP) is 4.12. The summed E-state index contributed by atoms with van der Waals surface area (Å²) in [5, 5.41) is 1.42. The van der Waals surface area contributed by atoms with Gasteiger partial charge >= 0.3 is 5.69 Å². The Balaban J connectivity index is 1.81. The van der Waals surface area contributed by atoms with E-state index in [-0.39, 0.29) is 23.7 Å². The molecule has 0 amide bonds. The van der Waals surface area contributed by atoms with Crippen LogP contribution >= 0.6 is 23.4 Å². The van der Waals surface area contributed by atoms with Crippen LogP contribution < -0.4 is 10.6 Å². The van der Waals surface area contributed by atoms with E-state index in [4.69, 9.17) is 16.3 Å². The molecule has 2 aliphatic rings. The molecule has 3 heterocycles. The van der Waals surface area contributed by atoms with Crippen LogP contribution in [0.5, 0.6) is 0 Å². The average molecular weight is 489 g/mol. The minimum absolute atomic E-state index is 0.140. The number of halogens is 2. The highest BCUT2D eigenvalue weighted by Crippen LogP contribution is 2.45. The molecule has 2 atom stereocenters. The van der Waals surface area contributed by atoms with Gasteiger partial charge in [0.05, 0.1) is 23.2 Å². The molecule has 2 aliphatic heterocycles. The Labute approximate surface area is 201 Å². The number of rotatable bonds is 3. The lowest BCUT2D eigenvalue weighted by Gasteiger charge is -2.39. The molecule has 9 heteroatoms. The fourth-order valence-electron chi connectivity index (χ4n) is 4.81. The van der Waals surface area contributed by atoms with E-state index >= 15 is 0 Å². The SMILES string of the molecule is COC1CSc2c(-c3ccc(F)cc3)c(Cl)cc3c(N4CCN(C)CC4C)nc(=O)n(c23)C1. The molecule has 1 saturated heterocycles. The molecule has 6 nitrogen and oxygen atoms in total. The van der Waals surface area contributed by atoms with Gasteiger partial charge in [0.15, 0.2) is 0 Å². The van der Waals surface area contributed by atoms with E-state index < -0.39 is 0 Å². The fraction of sp³-hybridized carbons (Fsp3) is 0.417. The van der Waals surface area contributed by atoms with E-state index in [1.807, 2.05) is 6.07 Å². The Kier molecular flexibility index (Phi) is 6.11. The molecule has 2 aromatic carbocycles. The lowest BCUT2D eigenvalue weighted by Crippen LogP contribution is -2.51. The lowest BCUT2D eigenvalue weighted by atomic mass is 10.0. The van der Waals surface area contributed by atoms with Gasteiger partial charge in [-0.05, 0) is 37.7 Å². The normalized spacial score (nSPS) is 21.4. The number of nitrogens with zero attached hydrogens (tertiary/aromatic N) is 4. The smallest absolute Gasteiger partial charge is 0.350 e. The Morgan fingerprint density at radius 1 is 1.21 bits per heavy atom. The summed E-state index contributed by atoms with van der Waals surface area (Å²) in [6.45, 7) is 5.13. The summed E-state index contributed by atoms with van der Waals surface area (Å²) in [7, 11) is 3.76. The number of anilines is 1. The maximum Gasteiger partial charge on any atom is 0.350 e. The molecule has 2 unspecified atom stereocenters. The molecule has 0 radical (unpaired) electrons. The second-order valence-electron chi connectivity index (χ2n) is 8.77. The molecule has 174 valence electrons. The zero-order valence-corrected chi connectivity index (χ0v) is 20.4. The van der Waals surface area contributed by atoms with Gasteiger partial charge in [0, 0.05) is 54.4 Å². The highest BCUT2D eigenvalue weighted by molar-refractivity contribution is 7.99. The number of benzene rings is 2. The molecule has 0 N–H and O–H groups in total. The van der Waals surface area contributed by atoms with Gasteiger partial charge in [0.2, 0.25) is 0 Å². The average Bonchev–Trinajstić information content (AvgIpc) is 2.98. The largest absolute Gasteiger partial charge is 0.379 e. The lowest BCUT2D eigenvalue weighted by molar-refractivity contribution is 0.107. The zero-order chi connectivity index (χ0) is 23.3. The van der Waals surface area contributed by atoms with Gasteiger partial charge in [-0.25, -0.2) is 9.18 Å². The van der Waals surface area contributed by atoms with E-state index in [9.17, 15) is 9.18 Å². The van der Waals surface area contributed by atoms with Crippen molar-refractivity contribution >= 4 is 40.1 Å². The van der Waals surface area contributed by atoms with Crippen LogP contribution in [0.4, 0.5) is 10.2 Å². The molecule has 1 aromatic heterocycles. The van der Waals surface area contributed by atoms with Crippen molar-refractivity contribution < 1.29 is 9.13 Å². The van der Waals surface area contributed by atoms with Gasteiger partial charge in [-0.1, -0.05) is 23.7 Å². The molecule has 33 heavy (non-hydrogen) atoms. The van der Waals surface area contributed by atoms with Crippen molar-refractivity contribution in [3.8, 4) is 11.1 Å². The third-order valence-electron chi connectivity index (χ3n) is 6.52. The predicted molar refractivity (Wildman–Crippen MR) is 132 cm³/mol. The van der Waals surface area contributed by atoms with Crippen LogP contribution in [0.3, 0.4) is 0 Å². The molecular weight excluding hydrogens is 463 g/mol. The number of likely N-dealkylation sites (N-methyl/N-ethyl adjacent to an activating group) is 1. The van der Waals surface area contributed by atoms with Crippen molar-refractivity contribution in [1.82, 2.24) is 14.5 Å². The van der Waals surface area contributed by atoms with Crippen molar-refractivity contribution in [2.75, 3.05) is 44.4 Å². The van der Waals surface area contributed by atoms with E-state index in [2.05, 4.69) is 28.8 Å². The summed E-state index contributed by atoms with van der Waals surface area (Å²) in [6, 6.07) is 8.43. The molecule has 3 aromatic rings. The summed E-state index contributed by atoms with van der Waals surface area (Å²) in [5.41, 5.74) is 2.15. The maximum absolute atomic E-state index is 13.6. The summed E-state index contributed by atoms with van der Waals surface area (Å²) in [5.74, 6) is 1.04. The van der Waals surface area contributed by atoms with Crippen LogP contribution in [0.25, 0.3) is 22.0 Å². The van der Waals surface area contributed by atoms with Gasteiger partial charge in [-0.3, -0.25) is 4.57 Å². The molecule has 0 bridgehead atoms. The standard InChI is InChI=1S/C24H26ClFN4O2S/c1-14-11-28(2)8-9-29(14)23-18-10-19(25)20(15-4-6-16(26)7-5-15)22-21(18)30(24(31)27-23)12-17(32-3)13-33-22/h4-7,10,14,17H,8-9,11-13H2,1-3H3. The third-order valence-corrected chi connectivity index (χ3v) is 8.04. The molecule has 5 rings (SSSR count). The Morgan fingerprint density at radius 3 is 2.67 bits per heavy atom. The first-order valence-corrected chi connectivity index (χ1v) is 12.4. The number of hydrogen-bond donors (Lipinski definition) is 0. The van der Waals surface area contributed by atoms with Crippen LogP contribution in [0.2, 0.25) is 5.02 Å². The van der Waals surface area contributed by atoms with Gasteiger partial charge < -0.3 is 14.5 Å². The summed E-state index contributed by atoms with van der Waals surface area (Å²) < 4.78 is 21.0. The summed E-state index contributed by atoms with van der Waals surface area (Å²) in [6.07, 6.45) is -0.140. The molecule has 0 spiro atoms. The monoisotopic (exact) mass is 488 g/mol. The Hall–Kier alpha value is -2.13. The third kappa shape index (κ3) is 4.03. The minimum atomic E-state index is -0.305. The van der Waals surface area contributed by atoms with E-state index in [0.717, 1.165) is 46.6 Å². The second kappa shape index (κ2) is 8.91. The number of hydrogen-bond acceptors (Lipinski definition) is 6. The number of ether oxygens (including phenoxy) is 1. The summed E-state index contributed by atoms with van der Waals surface area (Å²) in [4.78, 5) is 23.3. The number of aromatic nitrogens is 2. The van der Waals surface area contributed by atoms with Crippen LogP contribution in [0.15, 0.2) is 40.0 Å². The van der Waals surface area contributed by atoms with Crippen LogP contribution in [0, 0.1) is 5.82 Å². The van der Waals surface area contributed by atoms with Crippen molar-refractivity contribution in [3.63, 3.8) is 0 Å². The van der Waals surface area contributed by atoms with Crippen LogP contribution in [-0.2, 0) is 11.3 Å². The number of piperazine rings is 1. The van der Waals surface area contributed by atoms with Gasteiger partial charge in [-0.15, -0.1) is 11.8 Å².